The summed E-state index contributed by atoms with van der Waals surface area (Å²) in [6.07, 6.45) is 4.19. The van der Waals surface area contributed by atoms with Crippen LogP contribution in [0.5, 0.6) is 0 Å². The Kier molecular flexibility index (Phi) is 3.37. The number of rotatable bonds is 3. The van der Waals surface area contributed by atoms with Crippen molar-refractivity contribution in [2.45, 2.75) is 31.4 Å². The molecule has 1 aliphatic carbocycles. The van der Waals surface area contributed by atoms with Crippen LogP contribution in [0, 0.1) is 15.5 Å². The summed E-state index contributed by atoms with van der Waals surface area (Å²) in [5, 5.41) is 15.2. The molecule has 1 aromatic rings. The normalized spacial score (nSPS) is 27.7. The molecule has 0 radical (unpaired) electrons. The van der Waals surface area contributed by atoms with E-state index >= 15 is 0 Å². The summed E-state index contributed by atoms with van der Waals surface area (Å²) in [6.45, 7) is 1.42. The SMILES string of the molecule is COC1CCN(c2c([N+](=O)[O-])cnn2C)CC2(CC2)C1N. The number of ether oxygens (including phenoxy) is 1. The number of nitrogens with two attached hydrogens (primary N) is 1. The van der Waals surface area contributed by atoms with Crippen molar-refractivity contribution < 1.29 is 9.66 Å². The van der Waals surface area contributed by atoms with Gasteiger partial charge in [0, 0.05) is 38.7 Å². The molecule has 1 aliphatic heterocycles. The molecule has 2 aliphatic rings. The van der Waals surface area contributed by atoms with Gasteiger partial charge < -0.3 is 15.4 Å². The first-order valence-electron chi connectivity index (χ1n) is 7.18. The summed E-state index contributed by atoms with van der Waals surface area (Å²) >= 11 is 0. The number of hydrogen-bond donors (Lipinski definition) is 1. The fourth-order valence-corrected chi connectivity index (χ4v) is 3.43. The van der Waals surface area contributed by atoms with Crippen molar-refractivity contribution >= 4 is 11.5 Å². The first kappa shape index (κ1) is 14.3. The maximum Gasteiger partial charge on any atom is 0.331 e. The van der Waals surface area contributed by atoms with Crippen molar-refractivity contribution in [2.24, 2.45) is 18.2 Å². The Morgan fingerprint density at radius 3 is 2.86 bits per heavy atom. The number of methoxy groups -OCH3 is 1. The molecule has 2 N–H and O–H groups in total. The molecule has 2 fully saturated rings. The van der Waals surface area contributed by atoms with Crippen LogP contribution in [0.1, 0.15) is 19.3 Å². The highest BCUT2D eigenvalue weighted by molar-refractivity contribution is 5.58. The quantitative estimate of drug-likeness (QED) is 0.649. The Morgan fingerprint density at radius 2 is 2.29 bits per heavy atom. The maximum absolute atomic E-state index is 11.2. The van der Waals surface area contributed by atoms with Gasteiger partial charge in [-0.3, -0.25) is 10.1 Å². The monoisotopic (exact) mass is 295 g/mol. The van der Waals surface area contributed by atoms with E-state index in [9.17, 15) is 10.1 Å². The third-order valence-electron chi connectivity index (χ3n) is 4.88. The second-order valence-corrected chi connectivity index (χ2v) is 6.11. The first-order valence-corrected chi connectivity index (χ1v) is 7.18. The highest BCUT2D eigenvalue weighted by Gasteiger charge is 2.53. The van der Waals surface area contributed by atoms with Gasteiger partial charge in [-0.1, -0.05) is 0 Å². The molecule has 2 atom stereocenters. The minimum absolute atomic E-state index is 0.00443. The number of nitro groups is 1. The maximum atomic E-state index is 11.2. The minimum atomic E-state index is -0.374. The van der Waals surface area contributed by atoms with Gasteiger partial charge in [0.25, 0.3) is 0 Å². The van der Waals surface area contributed by atoms with E-state index in [0.29, 0.717) is 12.4 Å². The third kappa shape index (κ3) is 2.28. The van der Waals surface area contributed by atoms with Gasteiger partial charge in [-0.15, -0.1) is 0 Å². The molecule has 2 unspecified atom stereocenters. The van der Waals surface area contributed by atoms with E-state index in [1.807, 2.05) is 0 Å². The van der Waals surface area contributed by atoms with Gasteiger partial charge in [0.2, 0.25) is 5.82 Å². The van der Waals surface area contributed by atoms with Crippen molar-refractivity contribution in [1.29, 1.82) is 0 Å². The van der Waals surface area contributed by atoms with Crippen LogP contribution in [0.4, 0.5) is 11.5 Å². The Hall–Kier alpha value is -1.67. The highest BCUT2D eigenvalue weighted by Crippen LogP contribution is 2.52. The molecule has 2 heterocycles. The summed E-state index contributed by atoms with van der Waals surface area (Å²) in [6, 6.07) is -0.0141. The lowest BCUT2D eigenvalue weighted by atomic mass is 9.92. The molecule has 8 heteroatoms. The standard InChI is InChI=1S/C13H21N5O3/c1-16-12(9(7-15-16)18(19)20)17-6-3-10(21-2)11(14)13(8-17)4-5-13/h7,10-11H,3-6,8,14H2,1-2H3. The third-order valence-corrected chi connectivity index (χ3v) is 4.88. The van der Waals surface area contributed by atoms with Crippen LogP contribution >= 0.6 is 0 Å². The number of nitrogens with zero attached hydrogens (tertiary/aromatic N) is 4. The Bertz CT molecular complexity index is 554. The van der Waals surface area contributed by atoms with E-state index in [0.717, 1.165) is 25.8 Å². The zero-order chi connectivity index (χ0) is 15.2. The number of hydrogen-bond acceptors (Lipinski definition) is 6. The summed E-state index contributed by atoms with van der Waals surface area (Å²) in [4.78, 5) is 12.9. The van der Waals surface area contributed by atoms with Gasteiger partial charge in [0.05, 0.1) is 11.0 Å². The largest absolute Gasteiger partial charge is 0.380 e. The lowest BCUT2D eigenvalue weighted by Crippen LogP contribution is -2.45. The molecule has 1 saturated carbocycles. The second kappa shape index (κ2) is 4.96. The summed E-state index contributed by atoms with van der Waals surface area (Å²) < 4.78 is 7.10. The fourth-order valence-electron chi connectivity index (χ4n) is 3.43. The zero-order valence-corrected chi connectivity index (χ0v) is 12.4. The fraction of sp³-hybridized carbons (Fsp3) is 0.769. The average molecular weight is 295 g/mol. The van der Waals surface area contributed by atoms with Crippen molar-refractivity contribution in [3.05, 3.63) is 16.3 Å². The van der Waals surface area contributed by atoms with E-state index in [-0.39, 0.29) is 28.2 Å². The molecule has 1 spiro atoms. The van der Waals surface area contributed by atoms with E-state index in [2.05, 4.69) is 10.00 Å². The van der Waals surface area contributed by atoms with E-state index in [1.165, 1.54) is 6.20 Å². The van der Waals surface area contributed by atoms with Crippen molar-refractivity contribution in [1.82, 2.24) is 9.78 Å². The molecular formula is C13H21N5O3. The molecule has 0 aromatic carbocycles. The van der Waals surface area contributed by atoms with Crippen LogP contribution in [0.3, 0.4) is 0 Å². The van der Waals surface area contributed by atoms with Crippen LogP contribution in [-0.2, 0) is 11.8 Å². The summed E-state index contributed by atoms with van der Waals surface area (Å²) in [5.41, 5.74) is 6.45. The highest BCUT2D eigenvalue weighted by atomic mass is 16.6. The van der Waals surface area contributed by atoms with Gasteiger partial charge in [-0.05, 0) is 19.3 Å². The van der Waals surface area contributed by atoms with Crippen molar-refractivity contribution in [3.63, 3.8) is 0 Å². The van der Waals surface area contributed by atoms with E-state index < -0.39 is 0 Å². The van der Waals surface area contributed by atoms with Crippen molar-refractivity contribution in [3.8, 4) is 0 Å². The van der Waals surface area contributed by atoms with Crippen LogP contribution < -0.4 is 10.6 Å². The van der Waals surface area contributed by atoms with Gasteiger partial charge >= 0.3 is 5.69 Å². The molecular weight excluding hydrogens is 274 g/mol. The van der Waals surface area contributed by atoms with Crippen LogP contribution in [0.2, 0.25) is 0 Å². The summed E-state index contributed by atoms with van der Waals surface area (Å²) in [5.74, 6) is 0.565. The topological polar surface area (TPSA) is 99.5 Å². The first-order chi connectivity index (χ1) is 9.98. The van der Waals surface area contributed by atoms with Crippen LogP contribution in [0.25, 0.3) is 0 Å². The van der Waals surface area contributed by atoms with Gasteiger partial charge in [0.1, 0.15) is 6.20 Å². The Balaban J connectivity index is 1.93. The number of anilines is 1. The zero-order valence-electron chi connectivity index (χ0n) is 12.4. The predicted molar refractivity (Wildman–Crippen MR) is 77.1 cm³/mol. The van der Waals surface area contributed by atoms with Crippen LogP contribution in [0.15, 0.2) is 6.20 Å². The molecule has 0 bridgehead atoms. The van der Waals surface area contributed by atoms with E-state index in [4.69, 9.17) is 10.5 Å². The number of aromatic nitrogens is 2. The molecule has 1 aromatic heterocycles. The molecule has 116 valence electrons. The van der Waals surface area contributed by atoms with Gasteiger partial charge in [-0.2, -0.15) is 5.10 Å². The average Bonchev–Trinajstić information content (AvgIpc) is 3.15. The summed E-state index contributed by atoms with van der Waals surface area (Å²) in [7, 11) is 3.42. The Labute approximate surface area is 123 Å². The molecule has 3 rings (SSSR count). The second-order valence-electron chi connectivity index (χ2n) is 6.11. The smallest absolute Gasteiger partial charge is 0.331 e. The lowest BCUT2D eigenvalue weighted by molar-refractivity contribution is -0.384. The van der Waals surface area contributed by atoms with Crippen molar-refractivity contribution in [2.75, 3.05) is 25.1 Å². The predicted octanol–water partition coefficient (Wildman–Crippen LogP) is 0.661. The molecule has 8 nitrogen and oxygen atoms in total. The number of aryl methyl sites for hydroxylation is 1. The molecule has 21 heavy (non-hydrogen) atoms. The Morgan fingerprint density at radius 1 is 1.57 bits per heavy atom. The van der Waals surface area contributed by atoms with Gasteiger partial charge in [0.15, 0.2) is 0 Å². The van der Waals surface area contributed by atoms with E-state index in [1.54, 1.807) is 18.8 Å². The van der Waals surface area contributed by atoms with Crippen LogP contribution in [-0.4, -0.2) is 47.0 Å². The lowest BCUT2D eigenvalue weighted by Gasteiger charge is -2.28. The minimum Gasteiger partial charge on any atom is -0.380 e. The molecule has 1 saturated heterocycles. The van der Waals surface area contributed by atoms with Gasteiger partial charge in [-0.25, -0.2) is 4.68 Å². The molecule has 0 amide bonds.